The minimum absolute atomic E-state index is 0.0390. The number of aliphatic hydroxyl groups excluding tert-OH is 1. The van der Waals surface area contributed by atoms with Crippen LogP contribution in [0.1, 0.15) is 10.4 Å². The van der Waals surface area contributed by atoms with Gasteiger partial charge in [-0.3, -0.25) is 4.79 Å². The first-order valence-corrected chi connectivity index (χ1v) is 5.71. The lowest BCUT2D eigenvalue weighted by molar-refractivity contribution is 0.0378. The Morgan fingerprint density at radius 3 is 2.83 bits per heavy atom. The van der Waals surface area contributed by atoms with Gasteiger partial charge in [0.15, 0.2) is 0 Å². The number of likely N-dealkylation sites (N-methyl/N-ethyl adjacent to an activating group) is 1. The van der Waals surface area contributed by atoms with Crippen molar-refractivity contribution in [1.29, 1.82) is 0 Å². The molecule has 6 heteroatoms. The van der Waals surface area contributed by atoms with E-state index in [-0.39, 0.29) is 23.7 Å². The second-order valence-electron chi connectivity index (χ2n) is 3.89. The molecule has 0 spiro atoms. The molecule has 0 bridgehead atoms. The maximum atomic E-state index is 13.5. The molecule has 0 fully saturated rings. The van der Waals surface area contributed by atoms with Gasteiger partial charge in [-0.15, -0.1) is 0 Å². The number of carbonyl (C=O) groups excluding carboxylic acids is 1. The molecule has 1 aromatic rings. The Hall–Kier alpha value is -1.17. The van der Waals surface area contributed by atoms with Gasteiger partial charge in [0.25, 0.3) is 5.91 Å². The van der Waals surface area contributed by atoms with Crippen LogP contribution in [0.15, 0.2) is 18.2 Å². The molecule has 0 aromatic heterocycles. The van der Waals surface area contributed by atoms with Crippen LogP contribution in [0.5, 0.6) is 0 Å². The fourth-order valence-electron chi connectivity index (χ4n) is 1.54. The summed E-state index contributed by atoms with van der Waals surface area (Å²) in [6.07, 6.45) is -0.825. The van der Waals surface area contributed by atoms with Crippen molar-refractivity contribution >= 4 is 17.5 Å². The lowest BCUT2D eigenvalue weighted by Gasteiger charge is -2.21. The lowest BCUT2D eigenvalue weighted by Crippen LogP contribution is -2.36. The van der Waals surface area contributed by atoms with E-state index in [4.69, 9.17) is 16.3 Å². The minimum atomic E-state index is -0.825. The van der Waals surface area contributed by atoms with E-state index in [1.165, 1.54) is 37.3 Å². The number of hydrogen-bond donors (Lipinski definition) is 1. The van der Waals surface area contributed by atoms with Gasteiger partial charge in [-0.25, -0.2) is 4.39 Å². The Morgan fingerprint density at radius 1 is 1.61 bits per heavy atom. The van der Waals surface area contributed by atoms with Crippen molar-refractivity contribution in [1.82, 2.24) is 4.90 Å². The molecule has 1 rings (SSSR count). The van der Waals surface area contributed by atoms with E-state index in [0.29, 0.717) is 0 Å². The van der Waals surface area contributed by atoms with Gasteiger partial charge in [0, 0.05) is 20.7 Å². The highest BCUT2D eigenvalue weighted by molar-refractivity contribution is 6.33. The van der Waals surface area contributed by atoms with Gasteiger partial charge in [-0.2, -0.15) is 0 Å². The number of halogens is 2. The van der Waals surface area contributed by atoms with E-state index in [1.54, 1.807) is 0 Å². The van der Waals surface area contributed by atoms with Crippen molar-refractivity contribution < 1.29 is 19.0 Å². The molecule has 0 saturated carbocycles. The molecular weight excluding hydrogens is 261 g/mol. The van der Waals surface area contributed by atoms with Gasteiger partial charge in [0.05, 0.1) is 23.3 Å². The molecule has 0 heterocycles. The zero-order chi connectivity index (χ0) is 13.7. The van der Waals surface area contributed by atoms with Crippen LogP contribution in [0.4, 0.5) is 4.39 Å². The van der Waals surface area contributed by atoms with Crippen LogP contribution in [-0.4, -0.2) is 49.3 Å². The van der Waals surface area contributed by atoms with Crippen LogP contribution in [0, 0.1) is 5.82 Å². The lowest BCUT2D eigenvalue weighted by atomic mass is 10.2. The van der Waals surface area contributed by atoms with Crippen LogP contribution < -0.4 is 0 Å². The summed E-state index contributed by atoms with van der Waals surface area (Å²) in [5, 5.41) is 9.56. The summed E-state index contributed by atoms with van der Waals surface area (Å²) >= 11 is 5.79. The summed E-state index contributed by atoms with van der Waals surface area (Å²) in [7, 11) is 2.91. The highest BCUT2D eigenvalue weighted by atomic mass is 35.5. The Labute approximate surface area is 110 Å². The number of rotatable bonds is 5. The van der Waals surface area contributed by atoms with Gasteiger partial charge in [-0.1, -0.05) is 17.7 Å². The smallest absolute Gasteiger partial charge is 0.258 e. The van der Waals surface area contributed by atoms with E-state index in [0.717, 1.165) is 0 Å². The Bertz CT molecular complexity index is 408. The predicted molar refractivity (Wildman–Crippen MR) is 66.3 cm³/mol. The van der Waals surface area contributed by atoms with Crippen molar-refractivity contribution in [2.75, 3.05) is 27.3 Å². The molecule has 4 nitrogen and oxygen atoms in total. The SMILES string of the molecule is COCC(O)CN(C)C(=O)c1c(F)cccc1Cl. The van der Waals surface area contributed by atoms with Crippen LogP contribution >= 0.6 is 11.6 Å². The maximum Gasteiger partial charge on any atom is 0.258 e. The number of methoxy groups -OCH3 is 1. The second kappa shape index (κ2) is 6.68. The Morgan fingerprint density at radius 2 is 2.28 bits per heavy atom. The van der Waals surface area contributed by atoms with Gasteiger partial charge in [-0.05, 0) is 12.1 Å². The predicted octanol–water partition coefficient (Wildman–Crippen LogP) is 1.56. The average molecular weight is 276 g/mol. The fourth-order valence-corrected chi connectivity index (χ4v) is 1.78. The number of ether oxygens (including phenoxy) is 1. The van der Waals surface area contributed by atoms with Gasteiger partial charge >= 0.3 is 0 Å². The summed E-state index contributed by atoms with van der Waals surface area (Å²) in [5.74, 6) is -1.26. The number of benzene rings is 1. The van der Waals surface area contributed by atoms with E-state index >= 15 is 0 Å². The quantitative estimate of drug-likeness (QED) is 0.887. The zero-order valence-corrected chi connectivity index (χ0v) is 10.9. The molecule has 18 heavy (non-hydrogen) atoms. The minimum Gasteiger partial charge on any atom is -0.389 e. The van der Waals surface area contributed by atoms with E-state index in [2.05, 4.69) is 0 Å². The molecule has 100 valence electrons. The molecule has 1 N–H and O–H groups in total. The first-order valence-electron chi connectivity index (χ1n) is 5.33. The largest absolute Gasteiger partial charge is 0.389 e. The summed E-state index contributed by atoms with van der Waals surface area (Å²) < 4.78 is 18.3. The van der Waals surface area contributed by atoms with Crippen LogP contribution in [-0.2, 0) is 4.74 Å². The fraction of sp³-hybridized carbons (Fsp3) is 0.417. The van der Waals surface area contributed by atoms with E-state index < -0.39 is 17.8 Å². The summed E-state index contributed by atoms with van der Waals surface area (Å²) in [4.78, 5) is 13.2. The highest BCUT2D eigenvalue weighted by Crippen LogP contribution is 2.20. The van der Waals surface area contributed by atoms with Crippen molar-refractivity contribution in [3.8, 4) is 0 Å². The molecule has 1 amide bonds. The first-order chi connectivity index (χ1) is 8.47. The number of carbonyl (C=O) groups is 1. The average Bonchev–Trinajstić information content (AvgIpc) is 2.28. The molecule has 1 unspecified atom stereocenters. The van der Waals surface area contributed by atoms with Crippen molar-refractivity contribution in [3.05, 3.63) is 34.6 Å². The first kappa shape index (κ1) is 14.9. The normalized spacial score (nSPS) is 12.3. The summed E-state index contributed by atoms with van der Waals surface area (Å²) in [6.45, 7) is 0.139. The molecule has 0 aliphatic rings. The molecular formula is C12H15ClFNO3. The second-order valence-corrected chi connectivity index (χ2v) is 4.30. The third-order valence-corrected chi connectivity index (χ3v) is 2.68. The number of hydrogen-bond acceptors (Lipinski definition) is 3. The van der Waals surface area contributed by atoms with Crippen molar-refractivity contribution in [3.63, 3.8) is 0 Å². The number of nitrogens with zero attached hydrogens (tertiary/aromatic N) is 1. The molecule has 1 atom stereocenters. The van der Waals surface area contributed by atoms with E-state index in [9.17, 15) is 14.3 Å². The van der Waals surface area contributed by atoms with E-state index in [1.807, 2.05) is 0 Å². The zero-order valence-electron chi connectivity index (χ0n) is 10.2. The topological polar surface area (TPSA) is 49.8 Å². The number of amides is 1. The third kappa shape index (κ3) is 3.66. The summed E-state index contributed by atoms with van der Waals surface area (Å²) in [6, 6.07) is 4.03. The Balaban J connectivity index is 2.81. The van der Waals surface area contributed by atoms with Gasteiger partial charge in [0.2, 0.25) is 0 Å². The molecule has 0 radical (unpaired) electrons. The molecule has 0 saturated heterocycles. The van der Waals surface area contributed by atoms with Crippen molar-refractivity contribution in [2.24, 2.45) is 0 Å². The standard InChI is InChI=1S/C12H15ClFNO3/c1-15(6-8(16)7-18-2)12(17)11-9(13)4-3-5-10(11)14/h3-5,8,16H,6-7H2,1-2H3. The molecule has 0 aliphatic carbocycles. The van der Waals surface area contributed by atoms with Crippen molar-refractivity contribution in [2.45, 2.75) is 6.10 Å². The molecule has 1 aromatic carbocycles. The third-order valence-electron chi connectivity index (χ3n) is 2.37. The van der Waals surface area contributed by atoms with Gasteiger partial charge < -0.3 is 14.7 Å². The monoisotopic (exact) mass is 275 g/mol. The maximum absolute atomic E-state index is 13.5. The Kier molecular flexibility index (Phi) is 5.53. The van der Waals surface area contributed by atoms with Gasteiger partial charge in [0.1, 0.15) is 5.82 Å². The van der Waals surface area contributed by atoms with Crippen LogP contribution in [0.25, 0.3) is 0 Å². The van der Waals surface area contributed by atoms with Crippen LogP contribution in [0.3, 0.4) is 0 Å². The van der Waals surface area contributed by atoms with Crippen LogP contribution in [0.2, 0.25) is 5.02 Å². The number of aliphatic hydroxyl groups is 1. The summed E-state index contributed by atoms with van der Waals surface area (Å²) in [5.41, 5.74) is -0.189. The molecule has 0 aliphatic heterocycles. The highest BCUT2D eigenvalue weighted by Gasteiger charge is 2.21.